The van der Waals surface area contributed by atoms with E-state index in [1.54, 1.807) is 18.2 Å². The van der Waals surface area contributed by atoms with Crippen molar-refractivity contribution in [2.24, 2.45) is 0 Å². The standard InChI is InChI=1S/C19H12F2N2OS/c20-19(21)24-16-8-6-13(7-9-16)10-15(11-22)18-23-17(12-25-18)14-4-2-1-3-5-14/h1-10,12,19H/b15-10+. The third kappa shape index (κ3) is 4.28. The summed E-state index contributed by atoms with van der Waals surface area (Å²) in [5.74, 6) is 0.0753. The van der Waals surface area contributed by atoms with Gasteiger partial charge in [0.25, 0.3) is 0 Å². The van der Waals surface area contributed by atoms with Crippen LogP contribution < -0.4 is 4.74 Å². The monoisotopic (exact) mass is 354 g/mol. The number of benzene rings is 2. The summed E-state index contributed by atoms with van der Waals surface area (Å²) in [6.07, 6.45) is 1.67. The van der Waals surface area contributed by atoms with Crippen LogP contribution in [-0.2, 0) is 0 Å². The second-order valence-electron chi connectivity index (χ2n) is 5.02. The Hall–Kier alpha value is -3.04. The average molecular weight is 354 g/mol. The van der Waals surface area contributed by atoms with Crippen molar-refractivity contribution >= 4 is 23.0 Å². The van der Waals surface area contributed by atoms with Crippen LogP contribution in [0.2, 0.25) is 0 Å². The number of hydrogen-bond donors (Lipinski definition) is 0. The second kappa shape index (κ2) is 7.69. The Morgan fingerprint density at radius 2 is 1.84 bits per heavy atom. The van der Waals surface area contributed by atoms with Gasteiger partial charge < -0.3 is 4.74 Å². The number of allylic oxidation sites excluding steroid dienone is 1. The molecule has 3 nitrogen and oxygen atoms in total. The number of aromatic nitrogens is 1. The van der Waals surface area contributed by atoms with Crippen LogP contribution in [0.3, 0.4) is 0 Å². The molecule has 3 aromatic rings. The lowest BCUT2D eigenvalue weighted by Gasteiger charge is -2.04. The highest BCUT2D eigenvalue weighted by Crippen LogP contribution is 2.27. The zero-order valence-electron chi connectivity index (χ0n) is 12.9. The van der Waals surface area contributed by atoms with Crippen molar-refractivity contribution in [3.63, 3.8) is 0 Å². The molecule has 0 atom stereocenters. The van der Waals surface area contributed by atoms with Crippen LogP contribution in [-0.4, -0.2) is 11.6 Å². The van der Waals surface area contributed by atoms with Crippen molar-refractivity contribution in [2.45, 2.75) is 6.61 Å². The lowest BCUT2D eigenvalue weighted by Crippen LogP contribution is -2.01. The maximum absolute atomic E-state index is 12.2. The van der Waals surface area contributed by atoms with E-state index in [0.717, 1.165) is 11.3 Å². The van der Waals surface area contributed by atoms with Gasteiger partial charge in [0.2, 0.25) is 0 Å². The maximum atomic E-state index is 12.2. The quantitative estimate of drug-likeness (QED) is 0.570. The van der Waals surface area contributed by atoms with E-state index >= 15 is 0 Å². The van der Waals surface area contributed by atoms with Crippen molar-refractivity contribution in [3.8, 4) is 23.1 Å². The third-order valence-electron chi connectivity index (χ3n) is 3.34. The number of thiazole rings is 1. The van der Waals surface area contributed by atoms with Crippen molar-refractivity contribution in [2.75, 3.05) is 0 Å². The van der Waals surface area contributed by atoms with Gasteiger partial charge in [-0.05, 0) is 23.8 Å². The molecule has 0 bridgehead atoms. The fraction of sp³-hybridized carbons (Fsp3) is 0.0526. The third-order valence-corrected chi connectivity index (χ3v) is 4.22. The number of halogens is 2. The molecule has 0 aliphatic heterocycles. The first-order valence-corrected chi connectivity index (χ1v) is 8.21. The van der Waals surface area contributed by atoms with E-state index in [2.05, 4.69) is 15.8 Å². The molecule has 3 rings (SSSR count). The van der Waals surface area contributed by atoms with Gasteiger partial charge in [-0.2, -0.15) is 14.0 Å². The summed E-state index contributed by atoms with van der Waals surface area (Å²) in [4.78, 5) is 4.51. The van der Waals surface area contributed by atoms with Gasteiger partial charge in [0, 0.05) is 10.9 Å². The minimum atomic E-state index is -2.86. The molecule has 0 saturated heterocycles. The van der Waals surface area contributed by atoms with Crippen LogP contribution in [0.5, 0.6) is 5.75 Å². The number of alkyl halides is 2. The van der Waals surface area contributed by atoms with E-state index in [-0.39, 0.29) is 5.75 Å². The molecule has 0 radical (unpaired) electrons. The van der Waals surface area contributed by atoms with Crippen molar-refractivity contribution < 1.29 is 13.5 Å². The van der Waals surface area contributed by atoms with Crippen molar-refractivity contribution in [1.82, 2.24) is 4.98 Å². The highest BCUT2D eigenvalue weighted by Gasteiger charge is 2.09. The van der Waals surface area contributed by atoms with Crippen LogP contribution in [0.1, 0.15) is 10.6 Å². The summed E-state index contributed by atoms with van der Waals surface area (Å²) in [6, 6.07) is 17.9. The van der Waals surface area contributed by atoms with Crippen molar-refractivity contribution in [3.05, 3.63) is 70.5 Å². The molecule has 0 N–H and O–H groups in total. The number of hydrogen-bond acceptors (Lipinski definition) is 4. The van der Waals surface area contributed by atoms with E-state index < -0.39 is 6.61 Å². The number of ether oxygens (including phenoxy) is 1. The van der Waals surface area contributed by atoms with Gasteiger partial charge in [-0.3, -0.25) is 0 Å². The van der Waals surface area contributed by atoms with E-state index in [0.29, 0.717) is 16.1 Å². The molecule has 1 heterocycles. The van der Waals surface area contributed by atoms with Crippen LogP contribution in [0, 0.1) is 11.3 Å². The Bertz CT molecular complexity index is 913. The number of nitriles is 1. The van der Waals surface area contributed by atoms with Crippen LogP contribution in [0.25, 0.3) is 22.9 Å². The molecule has 2 aromatic carbocycles. The van der Waals surface area contributed by atoms with Gasteiger partial charge in [0.05, 0.1) is 11.3 Å². The molecule has 0 aliphatic carbocycles. The predicted molar refractivity (Wildman–Crippen MR) is 94.1 cm³/mol. The van der Waals surface area contributed by atoms with Gasteiger partial charge in [-0.25, -0.2) is 4.98 Å². The van der Waals surface area contributed by atoms with Gasteiger partial charge >= 0.3 is 6.61 Å². The van der Waals surface area contributed by atoms with Gasteiger partial charge in [0.1, 0.15) is 16.8 Å². The topological polar surface area (TPSA) is 45.9 Å². The molecule has 0 spiro atoms. The zero-order chi connectivity index (χ0) is 17.6. The molecule has 25 heavy (non-hydrogen) atoms. The van der Waals surface area contributed by atoms with E-state index in [4.69, 9.17) is 0 Å². The normalized spacial score (nSPS) is 11.4. The van der Waals surface area contributed by atoms with Crippen LogP contribution >= 0.6 is 11.3 Å². The van der Waals surface area contributed by atoms with Crippen molar-refractivity contribution in [1.29, 1.82) is 5.26 Å². The Morgan fingerprint density at radius 3 is 2.48 bits per heavy atom. The van der Waals surface area contributed by atoms with E-state index in [9.17, 15) is 14.0 Å². The minimum Gasteiger partial charge on any atom is -0.435 e. The van der Waals surface area contributed by atoms with Gasteiger partial charge in [-0.15, -0.1) is 11.3 Å². The molecule has 1 aromatic heterocycles. The minimum absolute atomic E-state index is 0.0753. The Balaban J connectivity index is 1.84. The molecule has 0 fully saturated rings. The largest absolute Gasteiger partial charge is 0.435 e. The summed E-state index contributed by atoms with van der Waals surface area (Å²) in [5, 5.41) is 11.9. The molecule has 0 aliphatic rings. The molecule has 6 heteroatoms. The smallest absolute Gasteiger partial charge is 0.387 e. The Labute approximate surface area is 147 Å². The zero-order valence-corrected chi connectivity index (χ0v) is 13.7. The van der Waals surface area contributed by atoms with Gasteiger partial charge in [0.15, 0.2) is 0 Å². The van der Waals surface area contributed by atoms with Gasteiger partial charge in [-0.1, -0.05) is 42.5 Å². The maximum Gasteiger partial charge on any atom is 0.387 e. The summed E-state index contributed by atoms with van der Waals surface area (Å²) in [7, 11) is 0. The highest BCUT2D eigenvalue weighted by molar-refractivity contribution is 7.11. The Morgan fingerprint density at radius 1 is 1.12 bits per heavy atom. The predicted octanol–water partition coefficient (Wildman–Crippen LogP) is 5.48. The molecule has 0 unspecified atom stereocenters. The Kier molecular flexibility index (Phi) is 5.17. The summed E-state index contributed by atoms with van der Waals surface area (Å²) in [6.45, 7) is -2.86. The summed E-state index contributed by atoms with van der Waals surface area (Å²) < 4.78 is 28.6. The second-order valence-corrected chi connectivity index (χ2v) is 5.88. The fourth-order valence-corrected chi connectivity index (χ4v) is 2.99. The first-order valence-electron chi connectivity index (χ1n) is 7.33. The van der Waals surface area contributed by atoms with E-state index in [1.165, 1.54) is 23.5 Å². The molecule has 0 saturated carbocycles. The van der Waals surface area contributed by atoms with Crippen LogP contribution in [0.15, 0.2) is 60.0 Å². The molecule has 124 valence electrons. The number of rotatable bonds is 5. The lowest BCUT2D eigenvalue weighted by molar-refractivity contribution is -0.0498. The average Bonchev–Trinajstić information content (AvgIpc) is 3.11. The molecular weight excluding hydrogens is 342 g/mol. The fourth-order valence-electron chi connectivity index (χ4n) is 2.19. The van der Waals surface area contributed by atoms with E-state index in [1.807, 2.05) is 35.7 Å². The SMILES string of the molecule is N#C/C(=C\c1ccc(OC(F)F)cc1)c1nc(-c2ccccc2)cs1. The number of nitrogens with zero attached hydrogens (tertiary/aromatic N) is 2. The molecular formula is C19H12F2N2OS. The highest BCUT2D eigenvalue weighted by atomic mass is 32.1. The molecule has 0 amide bonds. The first-order chi connectivity index (χ1) is 12.2. The lowest BCUT2D eigenvalue weighted by atomic mass is 10.1. The summed E-state index contributed by atoms with van der Waals surface area (Å²) in [5.41, 5.74) is 2.91. The van der Waals surface area contributed by atoms with Crippen LogP contribution in [0.4, 0.5) is 8.78 Å². The first kappa shape index (κ1) is 16.8. The summed E-state index contributed by atoms with van der Waals surface area (Å²) >= 11 is 1.38.